The van der Waals surface area contributed by atoms with Gasteiger partial charge >= 0.3 is 0 Å². The predicted molar refractivity (Wildman–Crippen MR) is 55.2 cm³/mol. The van der Waals surface area contributed by atoms with Crippen molar-refractivity contribution in [1.29, 1.82) is 0 Å². The summed E-state index contributed by atoms with van der Waals surface area (Å²) in [6.45, 7) is 3.56. The summed E-state index contributed by atoms with van der Waals surface area (Å²) in [6.07, 6.45) is 0. The highest BCUT2D eigenvalue weighted by atomic mass is 32.1. The summed E-state index contributed by atoms with van der Waals surface area (Å²) in [5, 5.41) is 10.6. The second kappa shape index (κ2) is 5.48. The molecule has 12 heavy (non-hydrogen) atoms. The number of hydrazone groups is 2. The highest BCUT2D eigenvalue weighted by Gasteiger charge is 1.95. The fourth-order valence-electron chi connectivity index (χ4n) is 0.365. The first kappa shape index (κ1) is 10.8. The minimum Gasteiger partial charge on any atom is -0.364 e. The van der Waals surface area contributed by atoms with Crippen LogP contribution < -0.4 is 16.6 Å². The van der Waals surface area contributed by atoms with Gasteiger partial charge in [0.2, 0.25) is 0 Å². The molecule has 0 aliphatic rings. The van der Waals surface area contributed by atoms with Gasteiger partial charge < -0.3 is 11.2 Å². The zero-order chi connectivity index (χ0) is 9.56. The molecule has 6 heteroatoms. The van der Waals surface area contributed by atoms with Crippen LogP contribution in [0.25, 0.3) is 0 Å². The van der Waals surface area contributed by atoms with Crippen LogP contribution in [-0.2, 0) is 0 Å². The van der Waals surface area contributed by atoms with Crippen LogP contribution in [0.5, 0.6) is 0 Å². The number of rotatable bonds is 2. The Balaban J connectivity index is 4.10. The number of hydrogen-bond acceptors (Lipinski definition) is 4. The van der Waals surface area contributed by atoms with E-state index in [0.717, 1.165) is 0 Å². The molecule has 0 aromatic rings. The van der Waals surface area contributed by atoms with Crippen LogP contribution in [0, 0.1) is 0 Å². The van der Waals surface area contributed by atoms with Crippen LogP contribution in [0.4, 0.5) is 0 Å². The van der Waals surface area contributed by atoms with Crippen molar-refractivity contribution in [2.24, 2.45) is 16.0 Å². The lowest BCUT2D eigenvalue weighted by Crippen LogP contribution is -2.30. The van der Waals surface area contributed by atoms with Gasteiger partial charge in [0, 0.05) is 7.05 Å². The van der Waals surface area contributed by atoms with Crippen molar-refractivity contribution in [1.82, 2.24) is 10.7 Å². The van der Waals surface area contributed by atoms with Crippen LogP contribution >= 0.6 is 12.2 Å². The molecule has 0 saturated carbocycles. The van der Waals surface area contributed by atoms with Crippen molar-refractivity contribution in [3.63, 3.8) is 0 Å². The Morgan fingerprint density at radius 3 is 2.33 bits per heavy atom. The standard InChI is InChI=1S/C6H13N5S/c1-4(9-7)5(2)10-11-6(12)8-3/h7H2,1-3H3,(H2,8,11,12)/b9-4?,10-5+. The summed E-state index contributed by atoms with van der Waals surface area (Å²) in [6, 6.07) is 0. The molecule has 4 N–H and O–H groups in total. The first-order valence-corrected chi connectivity index (χ1v) is 3.79. The summed E-state index contributed by atoms with van der Waals surface area (Å²) < 4.78 is 0. The van der Waals surface area contributed by atoms with E-state index in [2.05, 4.69) is 20.9 Å². The molecular formula is C6H13N5S. The third kappa shape index (κ3) is 3.87. The van der Waals surface area contributed by atoms with E-state index < -0.39 is 0 Å². The Morgan fingerprint density at radius 1 is 1.33 bits per heavy atom. The van der Waals surface area contributed by atoms with Gasteiger partial charge in [-0.05, 0) is 26.1 Å². The topological polar surface area (TPSA) is 74.8 Å². The van der Waals surface area contributed by atoms with Gasteiger partial charge in [0.05, 0.1) is 11.4 Å². The van der Waals surface area contributed by atoms with Gasteiger partial charge in [-0.15, -0.1) is 0 Å². The Kier molecular flexibility index (Phi) is 4.94. The third-order valence-corrected chi connectivity index (χ3v) is 1.56. The Labute approximate surface area is 77.1 Å². The van der Waals surface area contributed by atoms with E-state index in [1.165, 1.54) is 0 Å². The predicted octanol–water partition coefficient (Wildman–Crippen LogP) is -0.209. The SMILES string of the molecule is CNC(=S)N/N=C(\C)C(C)=NN. The van der Waals surface area contributed by atoms with Crippen molar-refractivity contribution in [3.05, 3.63) is 0 Å². The van der Waals surface area contributed by atoms with Gasteiger partial charge in [-0.2, -0.15) is 10.2 Å². The van der Waals surface area contributed by atoms with Gasteiger partial charge in [-0.3, -0.25) is 5.43 Å². The molecule has 68 valence electrons. The molecule has 0 aromatic heterocycles. The minimum atomic E-state index is 0.458. The first-order chi connectivity index (χ1) is 5.61. The summed E-state index contributed by atoms with van der Waals surface area (Å²) in [5.74, 6) is 5.04. The maximum atomic E-state index is 5.04. The third-order valence-electron chi connectivity index (χ3n) is 1.27. The molecule has 0 aromatic carbocycles. The van der Waals surface area contributed by atoms with E-state index in [0.29, 0.717) is 16.5 Å². The van der Waals surface area contributed by atoms with Gasteiger partial charge in [0.15, 0.2) is 5.11 Å². The van der Waals surface area contributed by atoms with Crippen molar-refractivity contribution < 1.29 is 0 Å². The van der Waals surface area contributed by atoms with Gasteiger partial charge in [-0.1, -0.05) is 0 Å². The van der Waals surface area contributed by atoms with E-state index in [4.69, 9.17) is 18.1 Å². The smallest absolute Gasteiger partial charge is 0.186 e. The monoisotopic (exact) mass is 187 g/mol. The molecule has 5 nitrogen and oxygen atoms in total. The molecule has 0 fully saturated rings. The molecule has 0 rings (SSSR count). The quantitative estimate of drug-likeness (QED) is 0.242. The highest BCUT2D eigenvalue weighted by molar-refractivity contribution is 7.80. The molecule has 0 saturated heterocycles. The first-order valence-electron chi connectivity index (χ1n) is 3.38. The van der Waals surface area contributed by atoms with E-state index in [9.17, 15) is 0 Å². The molecule has 0 atom stereocenters. The Morgan fingerprint density at radius 2 is 1.92 bits per heavy atom. The van der Waals surface area contributed by atoms with Gasteiger partial charge in [-0.25, -0.2) is 0 Å². The fraction of sp³-hybridized carbons (Fsp3) is 0.500. The minimum absolute atomic E-state index is 0.458. The lowest BCUT2D eigenvalue weighted by Gasteiger charge is -2.02. The molecule has 0 radical (unpaired) electrons. The summed E-state index contributed by atoms with van der Waals surface area (Å²) in [4.78, 5) is 0. The lowest BCUT2D eigenvalue weighted by atomic mass is 10.3. The van der Waals surface area contributed by atoms with Crippen molar-refractivity contribution in [3.8, 4) is 0 Å². The number of nitrogens with two attached hydrogens (primary N) is 1. The van der Waals surface area contributed by atoms with Crippen molar-refractivity contribution in [2.45, 2.75) is 13.8 Å². The van der Waals surface area contributed by atoms with E-state index in [1.807, 2.05) is 0 Å². The summed E-state index contributed by atoms with van der Waals surface area (Å²) in [7, 11) is 1.71. The van der Waals surface area contributed by atoms with Crippen LogP contribution in [0.3, 0.4) is 0 Å². The molecule has 0 spiro atoms. The van der Waals surface area contributed by atoms with Crippen molar-refractivity contribution >= 4 is 28.8 Å². The molecular weight excluding hydrogens is 174 g/mol. The van der Waals surface area contributed by atoms with Crippen LogP contribution in [-0.4, -0.2) is 23.6 Å². The van der Waals surface area contributed by atoms with Crippen LogP contribution in [0.15, 0.2) is 10.2 Å². The normalized spacial score (nSPS) is 12.6. The molecule has 0 bridgehead atoms. The Hall–Kier alpha value is -1.17. The van der Waals surface area contributed by atoms with Crippen LogP contribution in [0.1, 0.15) is 13.8 Å². The maximum Gasteiger partial charge on any atom is 0.186 e. The fourth-order valence-corrected chi connectivity index (χ4v) is 0.410. The molecule has 0 unspecified atom stereocenters. The van der Waals surface area contributed by atoms with E-state index in [1.54, 1.807) is 20.9 Å². The zero-order valence-corrected chi connectivity index (χ0v) is 8.20. The molecule has 0 amide bonds. The highest BCUT2D eigenvalue weighted by Crippen LogP contribution is 1.79. The maximum absolute atomic E-state index is 5.04. The number of thiocarbonyl (C=S) groups is 1. The van der Waals surface area contributed by atoms with E-state index in [-0.39, 0.29) is 0 Å². The zero-order valence-electron chi connectivity index (χ0n) is 7.38. The average molecular weight is 187 g/mol. The van der Waals surface area contributed by atoms with Crippen LogP contribution in [0.2, 0.25) is 0 Å². The van der Waals surface area contributed by atoms with Crippen molar-refractivity contribution in [2.75, 3.05) is 7.05 Å². The average Bonchev–Trinajstić information content (AvgIpc) is 2.11. The van der Waals surface area contributed by atoms with Gasteiger partial charge in [0.1, 0.15) is 0 Å². The summed E-state index contributed by atoms with van der Waals surface area (Å²) >= 11 is 4.80. The number of hydrogen-bond donors (Lipinski definition) is 3. The molecule has 0 aliphatic heterocycles. The Bertz CT molecular complexity index is 220. The molecule has 0 aliphatic carbocycles. The second-order valence-electron chi connectivity index (χ2n) is 2.10. The van der Waals surface area contributed by atoms with E-state index >= 15 is 0 Å². The lowest BCUT2D eigenvalue weighted by molar-refractivity contribution is 0.976. The van der Waals surface area contributed by atoms with Gasteiger partial charge in [0.25, 0.3) is 0 Å². The molecule has 0 heterocycles. The number of nitrogens with one attached hydrogen (secondary N) is 2. The number of nitrogens with zero attached hydrogens (tertiary/aromatic N) is 2. The largest absolute Gasteiger partial charge is 0.364 e. The second-order valence-corrected chi connectivity index (χ2v) is 2.51. The summed E-state index contributed by atoms with van der Waals surface area (Å²) in [5.41, 5.74) is 3.99.